The summed E-state index contributed by atoms with van der Waals surface area (Å²) in [5, 5.41) is 3.18. The van der Waals surface area contributed by atoms with Crippen molar-refractivity contribution in [3.05, 3.63) is 47.1 Å². The largest absolute Gasteiger partial charge is 0.482 e. The third kappa shape index (κ3) is 3.65. The lowest BCUT2D eigenvalue weighted by atomic mass is 10.1. The maximum absolute atomic E-state index is 12.1. The molecule has 0 atom stereocenters. The maximum atomic E-state index is 12.1. The van der Waals surface area contributed by atoms with Gasteiger partial charge in [-0.1, -0.05) is 17.7 Å². The third-order valence-electron chi connectivity index (χ3n) is 3.61. The molecule has 1 aromatic heterocycles. The van der Waals surface area contributed by atoms with Crippen LogP contribution in [0.2, 0.25) is 5.02 Å². The molecule has 0 radical (unpaired) electrons. The lowest BCUT2D eigenvalue weighted by molar-refractivity contribution is -0.121. The lowest BCUT2D eigenvalue weighted by Gasteiger charge is -2.29. The zero-order valence-corrected chi connectivity index (χ0v) is 13.8. The minimum absolute atomic E-state index is 0.0174. The second kappa shape index (κ2) is 6.88. The number of aromatic nitrogens is 1. The molecule has 24 heavy (non-hydrogen) atoms. The molecule has 0 saturated carbocycles. The number of anilines is 2. The summed E-state index contributed by atoms with van der Waals surface area (Å²) in [7, 11) is 0. The summed E-state index contributed by atoms with van der Waals surface area (Å²) in [6.45, 7) is 2.20. The van der Waals surface area contributed by atoms with Gasteiger partial charge in [0.15, 0.2) is 6.61 Å². The molecule has 0 bridgehead atoms. The van der Waals surface area contributed by atoms with Crippen LogP contribution in [0.4, 0.5) is 11.5 Å². The number of carbonyl (C=O) groups excluding carboxylic acids is 2. The summed E-state index contributed by atoms with van der Waals surface area (Å²) >= 11 is 5.76. The van der Waals surface area contributed by atoms with Gasteiger partial charge < -0.3 is 15.0 Å². The highest BCUT2D eigenvalue weighted by atomic mass is 35.5. The molecule has 2 amide bonds. The fourth-order valence-electron chi connectivity index (χ4n) is 2.43. The van der Waals surface area contributed by atoms with Crippen molar-refractivity contribution in [2.75, 3.05) is 23.4 Å². The van der Waals surface area contributed by atoms with E-state index in [9.17, 15) is 9.59 Å². The first-order valence-corrected chi connectivity index (χ1v) is 7.86. The van der Waals surface area contributed by atoms with E-state index >= 15 is 0 Å². The Hall–Kier alpha value is -2.60. The molecular formula is C17H16ClN3O3. The Labute approximate surface area is 144 Å². The normalized spacial score (nSPS) is 13.2. The molecule has 1 aliphatic heterocycles. The van der Waals surface area contributed by atoms with Crippen LogP contribution in [-0.2, 0) is 9.59 Å². The van der Waals surface area contributed by atoms with E-state index in [0.29, 0.717) is 22.3 Å². The number of rotatable bonds is 4. The Morgan fingerprint density at radius 2 is 2.21 bits per heavy atom. The Bertz CT molecular complexity index is 777. The quantitative estimate of drug-likeness (QED) is 0.925. The van der Waals surface area contributed by atoms with E-state index in [4.69, 9.17) is 16.3 Å². The predicted molar refractivity (Wildman–Crippen MR) is 91.5 cm³/mol. The van der Waals surface area contributed by atoms with Crippen LogP contribution in [-0.4, -0.2) is 29.9 Å². The number of nitrogens with one attached hydrogen (secondary N) is 1. The summed E-state index contributed by atoms with van der Waals surface area (Å²) in [5.41, 5.74) is 1.72. The topological polar surface area (TPSA) is 71.5 Å². The zero-order chi connectivity index (χ0) is 17.1. The average Bonchev–Trinajstić information content (AvgIpc) is 2.56. The van der Waals surface area contributed by atoms with E-state index in [0.717, 1.165) is 5.56 Å². The van der Waals surface area contributed by atoms with E-state index < -0.39 is 0 Å². The van der Waals surface area contributed by atoms with Crippen molar-refractivity contribution in [3.8, 4) is 5.75 Å². The fraction of sp³-hybridized carbons (Fsp3) is 0.235. The van der Waals surface area contributed by atoms with Crippen molar-refractivity contribution in [2.24, 2.45) is 0 Å². The van der Waals surface area contributed by atoms with Crippen LogP contribution < -0.4 is 15.0 Å². The highest BCUT2D eigenvalue weighted by Gasteiger charge is 2.25. The molecule has 1 aliphatic rings. The van der Waals surface area contributed by atoms with Gasteiger partial charge in [-0.25, -0.2) is 4.98 Å². The van der Waals surface area contributed by atoms with Gasteiger partial charge in [-0.3, -0.25) is 9.59 Å². The minimum atomic E-state index is -0.224. The van der Waals surface area contributed by atoms with Gasteiger partial charge in [0, 0.05) is 19.2 Å². The number of fused-ring (bicyclic) bond motifs is 1. The summed E-state index contributed by atoms with van der Waals surface area (Å²) in [4.78, 5) is 29.8. The van der Waals surface area contributed by atoms with Crippen LogP contribution in [0.1, 0.15) is 12.0 Å². The molecule has 0 spiro atoms. The second-order valence-electron chi connectivity index (χ2n) is 5.47. The SMILES string of the molecule is Cc1ccc2c(c1)N(CCC(=O)Nc1ccc(Cl)cn1)C(=O)CO2. The van der Waals surface area contributed by atoms with Crippen molar-refractivity contribution in [2.45, 2.75) is 13.3 Å². The Kier molecular flexibility index (Phi) is 4.66. The van der Waals surface area contributed by atoms with Crippen LogP contribution in [0.5, 0.6) is 5.75 Å². The van der Waals surface area contributed by atoms with Crippen LogP contribution in [0, 0.1) is 6.92 Å². The van der Waals surface area contributed by atoms with Gasteiger partial charge in [-0.05, 0) is 36.8 Å². The number of halogens is 1. The molecule has 1 N–H and O–H groups in total. The average molecular weight is 346 g/mol. The molecule has 3 rings (SSSR count). The zero-order valence-electron chi connectivity index (χ0n) is 13.1. The first kappa shape index (κ1) is 16.3. The van der Waals surface area contributed by atoms with Crippen molar-refractivity contribution in [1.82, 2.24) is 4.98 Å². The number of aryl methyl sites for hydroxylation is 1. The van der Waals surface area contributed by atoms with Crippen LogP contribution in [0.25, 0.3) is 0 Å². The van der Waals surface area contributed by atoms with Gasteiger partial charge in [-0.15, -0.1) is 0 Å². The Morgan fingerprint density at radius 1 is 1.38 bits per heavy atom. The molecule has 2 heterocycles. The molecule has 1 aromatic carbocycles. The smallest absolute Gasteiger partial charge is 0.265 e. The second-order valence-corrected chi connectivity index (χ2v) is 5.90. The number of pyridine rings is 1. The number of ether oxygens (including phenoxy) is 1. The van der Waals surface area contributed by atoms with Gasteiger partial charge in [0.25, 0.3) is 5.91 Å². The van der Waals surface area contributed by atoms with Crippen LogP contribution in [0.3, 0.4) is 0 Å². The van der Waals surface area contributed by atoms with E-state index in [1.165, 1.54) is 6.20 Å². The number of nitrogens with zero attached hydrogens (tertiary/aromatic N) is 2. The molecule has 6 nitrogen and oxygen atoms in total. The number of carbonyl (C=O) groups is 2. The monoisotopic (exact) mass is 345 g/mol. The summed E-state index contributed by atoms with van der Waals surface area (Å²) in [6, 6.07) is 8.91. The lowest BCUT2D eigenvalue weighted by Crippen LogP contribution is -2.40. The van der Waals surface area contributed by atoms with Crippen molar-refractivity contribution >= 4 is 34.9 Å². The molecule has 7 heteroatoms. The van der Waals surface area contributed by atoms with E-state index in [2.05, 4.69) is 10.3 Å². The molecule has 0 aliphatic carbocycles. The van der Waals surface area contributed by atoms with Gasteiger partial charge in [0.1, 0.15) is 11.6 Å². The van der Waals surface area contributed by atoms with Gasteiger partial charge in [-0.2, -0.15) is 0 Å². The fourth-order valence-corrected chi connectivity index (χ4v) is 2.54. The van der Waals surface area contributed by atoms with Crippen molar-refractivity contribution < 1.29 is 14.3 Å². The molecule has 0 fully saturated rings. The summed E-state index contributed by atoms with van der Waals surface area (Å²) < 4.78 is 5.42. The van der Waals surface area contributed by atoms with E-state index in [1.807, 2.05) is 25.1 Å². The van der Waals surface area contributed by atoms with Gasteiger partial charge in [0.05, 0.1) is 10.7 Å². The minimum Gasteiger partial charge on any atom is -0.482 e. The number of hydrogen-bond donors (Lipinski definition) is 1. The first-order chi connectivity index (χ1) is 11.5. The molecular weight excluding hydrogens is 330 g/mol. The van der Waals surface area contributed by atoms with Crippen molar-refractivity contribution in [1.29, 1.82) is 0 Å². The molecule has 124 valence electrons. The standard InChI is InChI=1S/C17H16ClN3O3/c1-11-2-4-14-13(8-11)21(17(23)10-24-14)7-6-16(22)20-15-5-3-12(18)9-19-15/h2-5,8-9H,6-7,10H2,1H3,(H,19,20,22). The van der Waals surface area contributed by atoms with E-state index in [-0.39, 0.29) is 31.4 Å². The Morgan fingerprint density at radius 3 is 2.96 bits per heavy atom. The first-order valence-electron chi connectivity index (χ1n) is 7.48. The summed E-state index contributed by atoms with van der Waals surface area (Å²) in [5.74, 6) is 0.692. The number of hydrogen-bond acceptors (Lipinski definition) is 4. The molecule has 2 aromatic rings. The maximum Gasteiger partial charge on any atom is 0.265 e. The molecule has 0 saturated heterocycles. The van der Waals surface area contributed by atoms with Crippen LogP contribution >= 0.6 is 11.6 Å². The van der Waals surface area contributed by atoms with Crippen molar-refractivity contribution in [3.63, 3.8) is 0 Å². The third-order valence-corrected chi connectivity index (χ3v) is 3.84. The highest BCUT2D eigenvalue weighted by molar-refractivity contribution is 6.30. The molecule has 0 unspecified atom stereocenters. The van der Waals surface area contributed by atoms with E-state index in [1.54, 1.807) is 17.0 Å². The summed E-state index contributed by atoms with van der Waals surface area (Å²) in [6.07, 6.45) is 1.62. The van der Waals surface area contributed by atoms with Gasteiger partial charge in [0.2, 0.25) is 5.91 Å². The number of amides is 2. The van der Waals surface area contributed by atoms with Crippen LogP contribution in [0.15, 0.2) is 36.5 Å². The number of benzene rings is 1. The predicted octanol–water partition coefficient (Wildman–Crippen LogP) is 2.80. The highest BCUT2D eigenvalue weighted by Crippen LogP contribution is 2.32. The Balaban J connectivity index is 1.65. The van der Waals surface area contributed by atoms with Gasteiger partial charge >= 0.3 is 0 Å².